The molecule has 0 heterocycles. The van der Waals surface area contributed by atoms with Crippen LogP contribution in [0, 0.1) is 0 Å². The van der Waals surface area contributed by atoms with E-state index in [1.807, 2.05) is 27.7 Å². The van der Waals surface area contributed by atoms with E-state index in [1.54, 1.807) is 6.20 Å². The van der Waals surface area contributed by atoms with Crippen molar-refractivity contribution in [2.24, 2.45) is 0 Å². The zero-order valence-electron chi connectivity index (χ0n) is 8.27. The Kier molecular flexibility index (Phi) is 5.17. The van der Waals surface area contributed by atoms with Crippen molar-refractivity contribution in [2.75, 3.05) is 0 Å². The maximum absolute atomic E-state index is 11.0. The van der Waals surface area contributed by atoms with E-state index in [9.17, 15) is 4.79 Å². The van der Waals surface area contributed by atoms with E-state index in [2.05, 4.69) is 10.6 Å². The third-order valence-electron chi connectivity index (χ3n) is 1.48. The van der Waals surface area contributed by atoms with Gasteiger partial charge >= 0.3 is 6.03 Å². The van der Waals surface area contributed by atoms with Gasteiger partial charge in [0.1, 0.15) is 0 Å². The Labute approximate surface area is 74.2 Å². The standard InChI is InChI=1S/C9H18N2O/c1-5-8(4)11-9(12)10-6-7(2)3/h6,8H,5H2,1-4H3,(H2,10,11,12). The molecule has 0 saturated heterocycles. The first-order chi connectivity index (χ1) is 5.56. The zero-order valence-corrected chi connectivity index (χ0v) is 8.27. The van der Waals surface area contributed by atoms with Gasteiger partial charge in [0.05, 0.1) is 0 Å². The van der Waals surface area contributed by atoms with Gasteiger partial charge in [-0.15, -0.1) is 0 Å². The van der Waals surface area contributed by atoms with Crippen molar-refractivity contribution in [3.05, 3.63) is 11.8 Å². The van der Waals surface area contributed by atoms with Crippen molar-refractivity contribution >= 4 is 6.03 Å². The van der Waals surface area contributed by atoms with Crippen LogP contribution in [0.25, 0.3) is 0 Å². The lowest BCUT2D eigenvalue weighted by molar-refractivity contribution is 0.240. The van der Waals surface area contributed by atoms with Gasteiger partial charge in [-0.25, -0.2) is 4.79 Å². The molecule has 0 aliphatic heterocycles. The Balaban J connectivity index is 3.67. The molecule has 0 aromatic carbocycles. The van der Waals surface area contributed by atoms with E-state index in [1.165, 1.54) is 0 Å². The van der Waals surface area contributed by atoms with Gasteiger partial charge in [-0.1, -0.05) is 12.5 Å². The topological polar surface area (TPSA) is 41.1 Å². The number of rotatable bonds is 3. The molecule has 12 heavy (non-hydrogen) atoms. The number of allylic oxidation sites excluding steroid dienone is 1. The second-order valence-electron chi connectivity index (χ2n) is 3.15. The summed E-state index contributed by atoms with van der Waals surface area (Å²) in [5, 5.41) is 5.43. The Morgan fingerprint density at radius 1 is 1.50 bits per heavy atom. The Morgan fingerprint density at radius 2 is 2.08 bits per heavy atom. The number of hydrogen-bond acceptors (Lipinski definition) is 1. The van der Waals surface area contributed by atoms with E-state index in [4.69, 9.17) is 0 Å². The predicted molar refractivity (Wildman–Crippen MR) is 50.9 cm³/mol. The summed E-state index contributed by atoms with van der Waals surface area (Å²) in [7, 11) is 0. The number of urea groups is 1. The molecule has 2 N–H and O–H groups in total. The summed E-state index contributed by atoms with van der Waals surface area (Å²) in [5.41, 5.74) is 1.08. The second kappa shape index (κ2) is 5.63. The highest BCUT2D eigenvalue weighted by Gasteiger charge is 2.01. The van der Waals surface area contributed by atoms with Crippen LogP contribution in [0.1, 0.15) is 34.1 Å². The highest BCUT2D eigenvalue weighted by atomic mass is 16.2. The average molecular weight is 170 g/mol. The van der Waals surface area contributed by atoms with Crippen LogP contribution < -0.4 is 10.6 Å². The van der Waals surface area contributed by atoms with E-state index in [0.717, 1.165) is 12.0 Å². The minimum absolute atomic E-state index is 0.134. The fourth-order valence-electron chi connectivity index (χ4n) is 0.577. The minimum Gasteiger partial charge on any atom is -0.335 e. The summed E-state index contributed by atoms with van der Waals surface area (Å²) in [5.74, 6) is 0. The lowest BCUT2D eigenvalue weighted by Crippen LogP contribution is -2.38. The second-order valence-corrected chi connectivity index (χ2v) is 3.15. The van der Waals surface area contributed by atoms with Crippen LogP contribution in [-0.2, 0) is 0 Å². The molecule has 1 unspecified atom stereocenters. The van der Waals surface area contributed by atoms with Crippen molar-refractivity contribution in [3.8, 4) is 0 Å². The molecular weight excluding hydrogens is 152 g/mol. The molecule has 0 rings (SSSR count). The normalized spacial score (nSPS) is 11.7. The summed E-state index contributed by atoms with van der Waals surface area (Å²) in [6.45, 7) is 7.88. The van der Waals surface area contributed by atoms with Crippen molar-refractivity contribution in [2.45, 2.75) is 40.2 Å². The minimum atomic E-state index is -0.134. The van der Waals surface area contributed by atoms with Gasteiger partial charge in [0.15, 0.2) is 0 Å². The van der Waals surface area contributed by atoms with E-state index < -0.39 is 0 Å². The Bertz CT molecular complexity index is 171. The fourth-order valence-corrected chi connectivity index (χ4v) is 0.577. The van der Waals surface area contributed by atoms with Gasteiger partial charge < -0.3 is 10.6 Å². The number of carbonyl (C=O) groups is 1. The number of amides is 2. The Morgan fingerprint density at radius 3 is 2.50 bits per heavy atom. The molecule has 0 bridgehead atoms. The first kappa shape index (κ1) is 11.0. The molecule has 0 saturated carbocycles. The Hall–Kier alpha value is -0.990. The molecule has 70 valence electrons. The first-order valence-corrected chi connectivity index (χ1v) is 4.26. The molecule has 2 amide bonds. The SMILES string of the molecule is CCC(C)NC(=O)NC=C(C)C. The highest BCUT2D eigenvalue weighted by molar-refractivity contribution is 5.75. The molecular formula is C9H18N2O. The molecule has 0 radical (unpaired) electrons. The summed E-state index contributed by atoms with van der Waals surface area (Å²) in [6.07, 6.45) is 2.64. The van der Waals surface area contributed by atoms with Crippen LogP contribution in [0.3, 0.4) is 0 Å². The van der Waals surface area contributed by atoms with E-state index in [-0.39, 0.29) is 12.1 Å². The molecule has 0 fully saturated rings. The van der Waals surface area contributed by atoms with Gasteiger partial charge in [-0.2, -0.15) is 0 Å². The van der Waals surface area contributed by atoms with Crippen molar-refractivity contribution in [1.82, 2.24) is 10.6 Å². The van der Waals surface area contributed by atoms with Crippen LogP contribution in [0.15, 0.2) is 11.8 Å². The summed E-state index contributed by atoms with van der Waals surface area (Å²) < 4.78 is 0. The molecule has 0 aliphatic rings. The van der Waals surface area contributed by atoms with Crippen LogP contribution in [0.5, 0.6) is 0 Å². The fraction of sp³-hybridized carbons (Fsp3) is 0.667. The summed E-state index contributed by atoms with van der Waals surface area (Å²) >= 11 is 0. The molecule has 3 nitrogen and oxygen atoms in total. The van der Waals surface area contributed by atoms with Crippen LogP contribution >= 0.6 is 0 Å². The summed E-state index contributed by atoms with van der Waals surface area (Å²) in [6, 6.07) is 0.0983. The summed E-state index contributed by atoms with van der Waals surface area (Å²) in [4.78, 5) is 11.0. The van der Waals surface area contributed by atoms with E-state index in [0.29, 0.717) is 0 Å². The highest BCUT2D eigenvalue weighted by Crippen LogP contribution is 1.88. The largest absolute Gasteiger partial charge is 0.335 e. The average Bonchev–Trinajstić information content (AvgIpc) is 2.00. The maximum Gasteiger partial charge on any atom is 0.318 e. The van der Waals surface area contributed by atoms with Gasteiger partial charge in [0.25, 0.3) is 0 Å². The van der Waals surface area contributed by atoms with Gasteiger partial charge in [-0.05, 0) is 27.2 Å². The number of hydrogen-bond donors (Lipinski definition) is 2. The van der Waals surface area contributed by atoms with Crippen LogP contribution in [-0.4, -0.2) is 12.1 Å². The van der Waals surface area contributed by atoms with Gasteiger partial charge in [0.2, 0.25) is 0 Å². The lowest BCUT2D eigenvalue weighted by atomic mass is 10.3. The molecule has 0 aliphatic carbocycles. The maximum atomic E-state index is 11.0. The smallest absolute Gasteiger partial charge is 0.318 e. The van der Waals surface area contributed by atoms with E-state index >= 15 is 0 Å². The van der Waals surface area contributed by atoms with Gasteiger partial charge in [-0.3, -0.25) is 0 Å². The van der Waals surface area contributed by atoms with Crippen molar-refractivity contribution in [3.63, 3.8) is 0 Å². The number of carbonyl (C=O) groups excluding carboxylic acids is 1. The third-order valence-corrected chi connectivity index (χ3v) is 1.48. The predicted octanol–water partition coefficient (Wildman–Crippen LogP) is 2.01. The molecule has 0 spiro atoms. The van der Waals surface area contributed by atoms with Crippen molar-refractivity contribution in [1.29, 1.82) is 0 Å². The zero-order chi connectivity index (χ0) is 9.56. The van der Waals surface area contributed by atoms with Gasteiger partial charge in [0, 0.05) is 12.2 Å². The van der Waals surface area contributed by atoms with Crippen LogP contribution in [0.2, 0.25) is 0 Å². The lowest BCUT2D eigenvalue weighted by Gasteiger charge is -2.10. The monoisotopic (exact) mass is 170 g/mol. The van der Waals surface area contributed by atoms with Crippen LogP contribution in [0.4, 0.5) is 4.79 Å². The molecule has 1 atom stereocenters. The quantitative estimate of drug-likeness (QED) is 0.668. The van der Waals surface area contributed by atoms with Crippen molar-refractivity contribution < 1.29 is 4.79 Å². The first-order valence-electron chi connectivity index (χ1n) is 4.26. The molecule has 0 aromatic heterocycles. The number of nitrogens with one attached hydrogen (secondary N) is 2. The molecule has 0 aromatic rings. The molecule has 3 heteroatoms. The third kappa shape index (κ3) is 5.77.